The van der Waals surface area contributed by atoms with Crippen LogP contribution in [0.15, 0.2) is 24.3 Å². The van der Waals surface area contributed by atoms with Crippen LogP contribution in [0, 0.1) is 17.2 Å². The average molecular weight is 235 g/mol. The number of carbonyl (C=O) groups is 2. The third-order valence-electron chi connectivity index (χ3n) is 2.26. The highest BCUT2D eigenvalue weighted by atomic mass is 16.4. The highest BCUT2D eigenvalue weighted by Gasteiger charge is 2.36. The molecule has 6 nitrogen and oxygen atoms in total. The SMILES string of the molecule is N#CC(c1ccc(O)cc1)C(C(=O)O)C(=O)O. The van der Waals surface area contributed by atoms with Crippen LogP contribution in [0.3, 0.4) is 0 Å². The predicted molar refractivity (Wildman–Crippen MR) is 55.2 cm³/mol. The molecule has 1 rings (SSSR count). The molecule has 0 bridgehead atoms. The molecule has 0 spiro atoms. The molecule has 6 heteroatoms. The first-order valence-electron chi connectivity index (χ1n) is 4.61. The number of rotatable bonds is 4. The molecule has 1 aromatic carbocycles. The number of hydrogen-bond acceptors (Lipinski definition) is 4. The number of phenolic OH excluding ortho intramolecular Hbond substituents is 1. The Morgan fingerprint density at radius 2 is 1.59 bits per heavy atom. The number of aromatic hydroxyl groups is 1. The van der Waals surface area contributed by atoms with Gasteiger partial charge >= 0.3 is 11.9 Å². The first kappa shape index (κ1) is 12.5. The standard InChI is InChI=1S/C11H9NO5/c12-5-8(9(10(14)15)11(16)17)6-1-3-7(13)4-2-6/h1-4,8-9,13H,(H,14,15)(H,16,17). The Hall–Kier alpha value is -2.55. The molecule has 88 valence electrons. The molecule has 0 saturated heterocycles. The maximum atomic E-state index is 10.8. The fourth-order valence-corrected chi connectivity index (χ4v) is 1.41. The predicted octanol–water partition coefficient (Wildman–Crippen LogP) is 0.785. The Morgan fingerprint density at radius 1 is 1.12 bits per heavy atom. The van der Waals surface area contributed by atoms with Crippen molar-refractivity contribution in [3.63, 3.8) is 0 Å². The van der Waals surface area contributed by atoms with Crippen LogP contribution in [-0.2, 0) is 9.59 Å². The summed E-state index contributed by atoms with van der Waals surface area (Å²) in [7, 11) is 0. The normalized spacial score (nSPS) is 11.8. The molecule has 0 amide bonds. The molecule has 0 aliphatic heterocycles. The second-order valence-corrected chi connectivity index (χ2v) is 3.35. The number of nitrogens with zero attached hydrogens (tertiary/aromatic N) is 1. The molecule has 3 N–H and O–H groups in total. The van der Waals surface area contributed by atoms with Gasteiger partial charge in [0.15, 0.2) is 5.92 Å². The van der Waals surface area contributed by atoms with Gasteiger partial charge < -0.3 is 15.3 Å². The Kier molecular flexibility index (Phi) is 3.67. The van der Waals surface area contributed by atoms with E-state index in [9.17, 15) is 9.59 Å². The smallest absolute Gasteiger partial charge is 0.319 e. The van der Waals surface area contributed by atoms with Crippen LogP contribution in [0.2, 0.25) is 0 Å². The molecule has 0 aromatic heterocycles. The number of carboxylic acid groups (broad SMARTS) is 2. The lowest BCUT2D eigenvalue weighted by atomic mass is 9.87. The van der Waals surface area contributed by atoms with Crippen molar-refractivity contribution in [2.75, 3.05) is 0 Å². The number of benzene rings is 1. The van der Waals surface area contributed by atoms with E-state index in [2.05, 4.69) is 0 Å². The summed E-state index contributed by atoms with van der Waals surface area (Å²) in [6.07, 6.45) is 0. The Morgan fingerprint density at radius 3 is 1.94 bits per heavy atom. The van der Waals surface area contributed by atoms with E-state index in [1.165, 1.54) is 24.3 Å². The van der Waals surface area contributed by atoms with E-state index in [4.69, 9.17) is 20.6 Å². The van der Waals surface area contributed by atoms with Crippen molar-refractivity contribution < 1.29 is 24.9 Å². The van der Waals surface area contributed by atoms with Gasteiger partial charge in [-0.3, -0.25) is 9.59 Å². The number of aliphatic carboxylic acids is 2. The van der Waals surface area contributed by atoms with E-state index in [1.54, 1.807) is 6.07 Å². The fraction of sp³-hybridized carbons (Fsp3) is 0.182. The average Bonchev–Trinajstić information content (AvgIpc) is 2.26. The first-order chi connectivity index (χ1) is 7.97. The van der Waals surface area contributed by atoms with Gasteiger partial charge in [0.1, 0.15) is 5.75 Å². The zero-order chi connectivity index (χ0) is 13.0. The van der Waals surface area contributed by atoms with Crippen molar-refractivity contribution in [2.24, 2.45) is 5.92 Å². The fourth-order valence-electron chi connectivity index (χ4n) is 1.41. The van der Waals surface area contributed by atoms with Crippen LogP contribution >= 0.6 is 0 Å². The molecule has 0 aliphatic carbocycles. The number of nitriles is 1. The van der Waals surface area contributed by atoms with Gasteiger partial charge in [-0.05, 0) is 17.7 Å². The van der Waals surface area contributed by atoms with Crippen molar-refractivity contribution >= 4 is 11.9 Å². The van der Waals surface area contributed by atoms with Gasteiger partial charge in [0.05, 0.1) is 12.0 Å². The topological polar surface area (TPSA) is 119 Å². The van der Waals surface area contributed by atoms with E-state index in [0.717, 1.165) is 0 Å². The molecule has 0 radical (unpaired) electrons. The quantitative estimate of drug-likeness (QED) is 0.663. The summed E-state index contributed by atoms with van der Waals surface area (Å²) in [6.45, 7) is 0. The number of phenols is 1. The van der Waals surface area contributed by atoms with Gasteiger partial charge in [0, 0.05) is 0 Å². The molecule has 0 heterocycles. The van der Waals surface area contributed by atoms with Crippen molar-refractivity contribution in [1.29, 1.82) is 5.26 Å². The highest BCUT2D eigenvalue weighted by molar-refractivity contribution is 5.94. The lowest BCUT2D eigenvalue weighted by Gasteiger charge is -2.14. The summed E-state index contributed by atoms with van der Waals surface area (Å²) in [5, 5.41) is 35.5. The Bertz CT molecular complexity index is 460. The van der Waals surface area contributed by atoms with Crippen molar-refractivity contribution in [2.45, 2.75) is 5.92 Å². The molecule has 0 saturated carbocycles. The third kappa shape index (κ3) is 2.72. The van der Waals surface area contributed by atoms with Crippen LogP contribution < -0.4 is 0 Å². The largest absolute Gasteiger partial charge is 0.508 e. The zero-order valence-electron chi connectivity index (χ0n) is 8.57. The zero-order valence-corrected chi connectivity index (χ0v) is 8.57. The van der Waals surface area contributed by atoms with E-state index >= 15 is 0 Å². The minimum atomic E-state index is -1.83. The third-order valence-corrected chi connectivity index (χ3v) is 2.26. The summed E-state index contributed by atoms with van der Waals surface area (Å²) < 4.78 is 0. The molecular formula is C11H9NO5. The molecule has 0 aliphatic rings. The summed E-state index contributed by atoms with van der Waals surface area (Å²) in [4.78, 5) is 21.6. The molecule has 0 fully saturated rings. The van der Waals surface area contributed by atoms with Gasteiger partial charge in [-0.1, -0.05) is 12.1 Å². The van der Waals surface area contributed by atoms with Crippen LogP contribution in [0.5, 0.6) is 5.75 Å². The van der Waals surface area contributed by atoms with Crippen molar-refractivity contribution in [3.05, 3.63) is 29.8 Å². The monoisotopic (exact) mass is 235 g/mol. The minimum Gasteiger partial charge on any atom is -0.508 e. The Labute approximate surface area is 96.4 Å². The Balaban J connectivity index is 3.14. The lowest BCUT2D eigenvalue weighted by molar-refractivity contribution is -0.154. The summed E-state index contributed by atoms with van der Waals surface area (Å²) in [5.41, 5.74) is 0.236. The summed E-state index contributed by atoms with van der Waals surface area (Å²) in [5.74, 6) is -6.32. The van der Waals surface area contributed by atoms with Gasteiger partial charge in [-0.2, -0.15) is 5.26 Å². The van der Waals surface area contributed by atoms with Gasteiger partial charge in [0.25, 0.3) is 0 Å². The van der Waals surface area contributed by atoms with E-state index in [-0.39, 0.29) is 11.3 Å². The van der Waals surface area contributed by atoms with Crippen LogP contribution in [0.4, 0.5) is 0 Å². The first-order valence-corrected chi connectivity index (χ1v) is 4.61. The van der Waals surface area contributed by atoms with E-state index in [0.29, 0.717) is 0 Å². The van der Waals surface area contributed by atoms with E-state index < -0.39 is 23.8 Å². The highest BCUT2D eigenvalue weighted by Crippen LogP contribution is 2.26. The van der Waals surface area contributed by atoms with Gasteiger partial charge in [-0.25, -0.2) is 0 Å². The van der Waals surface area contributed by atoms with Crippen LogP contribution in [0.1, 0.15) is 11.5 Å². The lowest BCUT2D eigenvalue weighted by Crippen LogP contribution is -2.29. The van der Waals surface area contributed by atoms with E-state index in [1.807, 2.05) is 0 Å². The second-order valence-electron chi connectivity index (χ2n) is 3.35. The molecule has 1 atom stereocenters. The van der Waals surface area contributed by atoms with Gasteiger partial charge in [-0.15, -0.1) is 0 Å². The number of carboxylic acids is 2. The number of hydrogen-bond donors (Lipinski definition) is 3. The molecular weight excluding hydrogens is 226 g/mol. The van der Waals surface area contributed by atoms with Crippen molar-refractivity contribution in [1.82, 2.24) is 0 Å². The molecule has 1 unspecified atom stereocenters. The maximum Gasteiger partial charge on any atom is 0.319 e. The summed E-state index contributed by atoms with van der Waals surface area (Å²) >= 11 is 0. The van der Waals surface area contributed by atoms with Crippen LogP contribution in [-0.4, -0.2) is 27.3 Å². The minimum absolute atomic E-state index is 0.0485. The van der Waals surface area contributed by atoms with Crippen molar-refractivity contribution in [3.8, 4) is 11.8 Å². The van der Waals surface area contributed by atoms with Gasteiger partial charge in [0.2, 0.25) is 0 Å². The maximum absolute atomic E-state index is 10.8. The molecule has 1 aromatic rings. The summed E-state index contributed by atoms with van der Waals surface area (Å²) in [6, 6.07) is 6.83. The van der Waals surface area contributed by atoms with Crippen LogP contribution in [0.25, 0.3) is 0 Å². The second kappa shape index (κ2) is 4.99. The molecule has 17 heavy (non-hydrogen) atoms.